The number of aliphatic hydroxyl groups excluding tert-OH is 1. The number of aliphatic hydroxyl groups is 1. The van der Waals surface area contributed by atoms with Gasteiger partial charge in [-0.25, -0.2) is 4.79 Å². The Bertz CT molecular complexity index is 802. The van der Waals surface area contributed by atoms with Crippen LogP contribution >= 0.6 is 12.2 Å². The lowest BCUT2D eigenvalue weighted by Gasteiger charge is -2.40. The minimum absolute atomic E-state index is 0.0222. The lowest BCUT2D eigenvalue weighted by molar-refractivity contribution is -0.151. The summed E-state index contributed by atoms with van der Waals surface area (Å²) in [7, 11) is -0.812. The van der Waals surface area contributed by atoms with E-state index in [1.165, 1.54) is 57.0 Å². The van der Waals surface area contributed by atoms with Gasteiger partial charge in [-0.2, -0.15) is 0 Å². The Morgan fingerprint density at radius 1 is 0.952 bits per heavy atom. The third-order valence-electron chi connectivity index (χ3n) is 9.14. The van der Waals surface area contributed by atoms with Gasteiger partial charge in [-0.1, -0.05) is 118 Å². The van der Waals surface area contributed by atoms with Crippen molar-refractivity contribution in [3.8, 4) is 0 Å². The number of amides is 1. The summed E-state index contributed by atoms with van der Waals surface area (Å²) < 4.78 is 17.2. The molecule has 0 unspecified atom stereocenters. The van der Waals surface area contributed by atoms with Gasteiger partial charge in [-0.3, -0.25) is 9.69 Å². The number of esters is 1. The molecule has 7 nitrogen and oxygen atoms in total. The van der Waals surface area contributed by atoms with Crippen LogP contribution in [0.5, 0.6) is 0 Å². The van der Waals surface area contributed by atoms with Crippen molar-refractivity contribution in [2.75, 3.05) is 13.7 Å². The van der Waals surface area contributed by atoms with Crippen LogP contribution in [0.3, 0.4) is 0 Å². The monoisotopic (exact) mass is 629 g/mol. The third-order valence-corrected chi connectivity index (χ3v) is 14.0. The first-order chi connectivity index (χ1) is 19.8. The minimum Gasteiger partial charge on any atom is -0.468 e. The molecule has 0 spiro atoms. The van der Waals surface area contributed by atoms with Crippen molar-refractivity contribution in [2.24, 2.45) is 5.92 Å². The molecule has 42 heavy (non-hydrogen) atoms. The average Bonchev–Trinajstić information content (AvgIpc) is 3.31. The molecule has 0 bridgehead atoms. The van der Waals surface area contributed by atoms with Crippen LogP contribution in [0.1, 0.15) is 137 Å². The van der Waals surface area contributed by atoms with Crippen molar-refractivity contribution in [2.45, 2.75) is 174 Å². The third kappa shape index (κ3) is 13.3. The smallest absolute Gasteiger partial charge is 0.332 e. The van der Waals surface area contributed by atoms with E-state index >= 15 is 0 Å². The van der Waals surface area contributed by atoms with Crippen molar-refractivity contribution >= 4 is 37.6 Å². The largest absolute Gasteiger partial charge is 0.468 e. The molecule has 1 aliphatic rings. The first-order valence-corrected chi connectivity index (χ1v) is 20.1. The Balaban J connectivity index is 3.01. The summed E-state index contributed by atoms with van der Waals surface area (Å²) in [4.78, 5) is 27.6. The van der Waals surface area contributed by atoms with E-state index < -0.39 is 32.4 Å². The van der Waals surface area contributed by atoms with Crippen LogP contribution in [-0.2, 0) is 23.5 Å². The van der Waals surface area contributed by atoms with Crippen molar-refractivity contribution < 1.29 is 28.6 Å². The predicted octanol–water partition coefficient (Wildman–Crippen LogP) is 8.32. The van der Waals surface area contributed by atoms with Crippen LogP contribution in [0.4, 0.5) is 0 Å². The highest BCUT2D eigenvalue weighted by Crippen LogP contribution is 2.39. The highest BCUT2D eigenvalue weighted by atomic mass is 32.1. The molecule has 1 N–H and O–H groups in total. The Labute approximate surface area is 263 Å². The van der Waals surface area contributed by atoms with Crippen LogP contribution in [0.2, 0.25) is 18.1 Å². The molecule has 1 rings (SSSR count). The first kappa shape index (κ1) is 39.0. The second kappa shape index (κ2) is 20.1. The molecule has 246 valence electrons. The summed E-state index contributed by atoms with van der Waals surface area (Å²) in [6.07, 6.45) is 16.0. The number of ether oxygens (including phenoxy) is 2. The molecule has 0 radical (unpaired) electrons. The molecule has 0 saturated carbocycles. The standard InChI is InChI=1S/C33H63NO6SSi/c1-9-11-13-15-16-17-18-19-20-22-26(40-42(7,8)33(3,4)5)24-29(35)27(23-21-14-12-10-2)30(36)34-28(31(37)38-6)25-39-32(34)41/h26-29,35H,9-25H2,1-8H3/t26-,27+,28-,29-/m1/s1. The van der Waals surface area contributed by atoms with Gasteiger partial charge in [0.25, 0.3) is 5.17 Å². The molecule has 1 aliphatic heterocycles. The maximum Gasteiger partial charge on any atom is 0.332 e. The number of thiocarbonyl (C=S) groups is 1. The Hall–Kier alpha value is -1.03. The van der Waals surface area contributed by atoms with Gasteiger partial charge in [0.05, 0.1) is 19.1 Å². The summed E-state index contributed by atoms with van der Waals surface area (Å²) in [6, 6.07) is -0.915. The molecule has 0 aliphatic carbocycles. The lowest BCUT2D eigenvalue weighted by Crippen LogP contribution is -2.50. The highest BCUT2D eigenvalue weighted by Gasteiger charge is 2.45. The summed E-state index contributed by atoms with van der Waals surface area (Å²) in [6.45, 7) is 15.6. The van der Waals surface area contributed by atoms with E-state index in [1.54, 1.807) is 0 Å². The number of carbonyl (C=O) groups excluding carboxylic acids is 2. The molecule has 9 heteroatoms. The number of hydrogen-bond acceptors (Lipinski definition) is 7. The Kier molecular flexibility index (Phi) is 18.6. The molecule has 0 aromatic heterocycles. The van der Waals surface area contributed by atoms with Crippen molar-refractivity contribution in [3.63, 3.8) is 0 Å². The fourth-order valence-corrected chi connectivity index (χ4v) is 7.05. The van der Waals surface area contributed by atoms with Crippen molar-refractivity contribution in [3.05, 3.63) is 0 Å². The van der Waals surface area contributed by atoms with E-state index in [0.717, 1.165) is 44.9 Å². The van der Waals surface area contributed by atoms with Crippen molar-refractivity contribution in [1.82, 2.24) is 4.90 Å². The van der Waals surface area contributed by atoms with E-state index in [-0.39, 0.29) is 28.8 Å². The van der Waals surface area contributed by atoms with Gasteiger partial charge in [0, 0.05) is 6.10 Å². The molecule has 0 aromatic carbocycles. The van der Waals surface area contributed by atoms with Gasteiger partial charge in [-0.15, -0.1) is 0 Å². The van der Waals surface area contributed by atoms with Crippen LogP contribution in [-0.4, -0.2) is 67.3 Å². The number of unbranched alkanes of at least 4 members (excludes halogenated alkanes) is 11. The predicted molar refractivity (Wildman–Crippen MR) is 178 cm³/mol. The lowest BCUT2D eigenvalue weighted by atomic mass is 9.89. The van der Waals surface area contributed by atoms with Crippen LogP contribution in [0.15, 0.2) is 0 Å². The normalized spacial score (nSPS) is 18.1. The van der Waals surface area contributed by atoms with Crippen LogP contribution < -0.4 is 0 Å². The fourth-order valence-electron chi connectivity index (χ4n) is 5.36. The number of nitrogens with zero attached hydrogens (tertiary/aromatic N) is 1. The molecular weight excluding hydrogens is 567 g/mol. The molecular formula is C33H63NO6SSi. The fraction of sp³-hybridized carbons (Fsp3) is 0.909. The van der Waals surface area contributed by atoms with E-state index in [4.69, 9.17) is 26.1 Å². The average molecular weight is 630 g/mol. The Morgan fingerprint density at radius 2 is 1.45 bits per heavy atom. The zero-order valence-electron chi connectivity index (χ0n) is 28.2. The van der Waals surface area contributed by atoms with Crippen LogP contribution in [0.25, 0.3) is 0 Å². The van der Waals surface area contributed by atoms with Crippen LogP contribution in [0, 0.1) is 5.92 Å². The second-order valence-corrected chi connectivity index (χ2v) is 18.8. The number of hydrogen-bond donors (Lipinski definition) is 1. The quantitative estimate of drug-likeness (QED) is 0.0558. The zero-order valence-corrected chi connectivity index (χ0v) is 30.0. The summed E-state index contributed by atoms with van der Waals surface area (Å²) in [5.41, 5.74) is 0. The van der Waals surface area contributed by atoms with Gasteiger partial charge in [0.2, 0.25) is 5.91 Å². The number of methoxy groups -OCH3 is 1. The topological polar surface area (TPSA) is 85.3 Å². The minimum atomic E-state index is -2.10. The van der Waals surface area contributed by atoms with E-state index in [1.807, 2.05) is 0 Å². The van der Waals surface area contributed by atoms with Gasteiger partial charge in [-0.05, 0) is 49.6 Å². The number of rotatable bonds is 22. The molecule has 1 saturated heterocycles. The van der Waals surface area contributed by atoms with E-state index in [9.17, 15) is 14.7 Å². The van der Waals surface area contributed by atoms with Crippen molar-refractivity contribution in [1.29, 1.82) is 0 Å². The molecule has 1 amide bonds. The second-order valence-electron chi connectivity index (χ2n) is 13.7. The van der Waals surface area contributed by atoms with Gasteiger partial charge in [0.15, 0.2) is 14.4 Å². The maximum absolute atomic E-state index is 13.9. The van der Waals surface area contributed by atoms with E-state index in [0.29, 0.717) is 12.8 Å². The van der Waals surface area contributed by atoms with Gasteiger partial charge in [0.1, 0.15) is 6.61 Å². The molecule has 1 heterocycles. The zero-order chi connectivity index (χ0) is 31.8. The maximum atomic E-state index is 13.9. The Morgan fingerprint density at radius 3 is 1.98 bits per heavy atom. The molecule has 1 fully saturated rings. The van der Waals surface area contributed by atoms with Gasteiger partial charge < -0.3 is 19.0 Å². The summed E-state index contributed by atoms with van der Waals surface area (Å²) >= 11 is 5.32. The summed E-state index contributed by atoms with van der Waals surface area (Å²) in [5, 5.41) is 11.7. The van der Waals surface area contributed by atoms with E-state index in [2.05, 4.69) is 47.7 Å². The summed E-state index contributed by atoms with van der Waals surface area (Å²) in [5.74, 6) is -1.61. The first-order valence-electron chi connectivity index (χ1n) is 16.7. The molecule has 0 aromatic rings. The molecule has 4 atom stereocenters. The SMILES string of the molecule is CCCCCCCCCCC[C@H](C[C@@H](O)[C@H](CCCCCC)C(=O)N1C(=S)OC[C@@H]1C(=O)OC)O[Si](C)(C)C(C)(C)C. The van der Waals surface area contributed by atoms with Gasteiger partial charge >= 0.3 is 5.97 Å². The highest BCUT2D eigenvalue weighted by molar-refractivity contribution is 7.80. The number of carbonyl (C=O) groups is 2.